The van der Waals surface area contributed by atoms with Gasteiger partial charge in [-0.1, -0.05) is 19.8 Å². The maximum Gasteiger partial charge on any atom is 0.0172 e. The molecule has 1 nitrogen and oxygen atoms in total. The molecule has 1 aliphatic carbocycles. The predicted octanol–water partition coefficient (Wildman–Crippen LogP) is 3.05. The molecule has 1 heterocycles. The SMILES string of the molecule is CCC1CCCC1NCC1CCCS1. The monoisotopic (exact) mass is 213 g/mol. The smallest absolute Gasteiger partial charge is 0.0172 e. The summed E-state index contributed by atoms with van der Waals surface area (Å²) >= 11 is 2.17. The molecular formula is C12H23NS. The molecule has 0 aromatic heterocycles. The molecule has 0 aromatic rings. The molecular weight excluding hydrogens is 190 g/mol. The van der Waals surface area contributed by atoms with Gasteiger partial charge in [0.1, 0.15) is 0 Å². The molecule has 1 saturated heterocycles. The molecule has 3 atom stereocenters. The minimum Gasteiger partial charge on any atom is -0.313 e. The molecule has 0 radical (unpaired) electrons. The summed E-state index contributed by atoms with van der Waals surface area (Å²) in [5, 5.41) is 4.73. The van der Waals surface area contributed by atoms with Gasteiger partial charge in [0, 0.05) is 17.8 Å². The van der Waals surface area contributed by atoms with E-state index >= 15 is 0 Å². The lowest BCUT2D eigenvalue weighted by Crippen LogP contribution is -2.36. The molecule has 0 amide bonds. The second-order valence-electron chi connectivity index (χ2n) is 4.75. The van der Waals surface area contributed by atoms with E-state index in [1.165, 1.54) is 50.8 Å². The average molecular weight is 213 g/mol. The molecule has 2 aliphatic rings. The lowest BCUT2D eigenvalue weighted by atomic mass is 10.0. The van der Waals surface area contributed by atoms with Crippen molar-refractivity contribution in [3.8, 4) is 0 Å². The zero-order valence-corrected chi connectivity index (χ0v) is 10.1. The van der Waals surface area contributed by atoms with Gasteiger partial charge >= 0.3 is 0 Å². The highest BCUT2D eigenvalue weighted by molar-refractivity contribution is 8.00. The number of nitrogens with one attached hydrogen (secondary N) is 1. The molecule has 0 aromatic carbocycles. The largest absolute Gasteiger partial charge is 0.313 e. The minimum atomic E-state index is 0.848. The van der Waals surface area contributed by atoms with Gasteiger partial charge < -0.3 is 5.32 Å². The maximum absolute atomic E-state index is 3.80. The van der Waals surface area contributed by atoms with Crippen molar-refractivity contribution in [2.75, 3.05) is 12.3 Å². The maximum atomic E-state index is 3.80. The van der Waals surface area contributed by atoms with Gasteiger partial charge in [0.15, 0.2) is 0 Å². The van der Waals surface area contributed by atoms with Crippen LogP contribution in [0, 0.1) is 5.92 Å². The number of hydrogen-bond acceptors (Lipinski definition) is 2. The van der Waals surface area contributed by atoms with Crippen LogP contribution in [0.1, 0.15) is 45.4 Å². The molecule has 2 rings (SSSR count). The van der Waals surface area contributed by atoms with Gasteiger partial charge in [0.05, 0.1) is 0 Å². The van der Waals surface area contributed by atoms with Crippen LogP contribution in [0.4, 0.5) is 0 Å². The normalized spacial score (nSPS) is 37.9. The highest BCUT2D eigenvalue weighted by atomic mass is 32.2. The van der Waals surface area contributed by atoms with Gasteiger partial charge in [-0.3, -0.25) is 0 Å². The first-order chi connectivity index (χ1) is 6.90. The molecule has 2 fully saturated rings. The van der Waals surface area contributed by atoms with E-state index in [9.17, 15) is 0 Å². The van der Waals surface area contributed by atoms with Gasteiger partial charge in [-0.25, -0.2) is 0 Å². The van der Waals surface area contributed by atoms with Gasteiger partial charge in [0.2, 0.25) is 0 Å². The topological polar surface area (TPSA) is 12.0 Å². The zero-order valence-electron chi connectivity index (χ0n) is 9.30. The molecule has 1 saturated carbocycles. The summed E-state index contributed by atoms with van der Waals surface area (Å²) in [6, 6.07) is 0.848. The van der Waals surface area contributed by atoms with Crippen LogP contribution in [-0.4, -0.2) is 23.6 Å². The van der Waals surface area contributed by atoms with Crippen LogP contribution < -0.4 is 5.32 Å². The molecule has 0 bridgehead atoms. The Bertz CT molecular complexity index is 166. The molecule has 3 unspecified atom stereocenters. The van der Waals surface area contributed by atoms with Crippen molar-refractivity contribution < 1.29 is 0 Å². The van der Waals surface area contributed by atoms with E-state index in [0.29, 0.717) is 0 Å². The van der Waals surface area contributed by atoms with Gasteiger partial charge in [-0.05, 0) is 37.4 Å². The fourth-order valence-corrected chi connectivity index (χ4v) is 4.10. The predicted molar refractivity (Wildman–Crippen MR) is 64.9 cm³/mol. The molecule has 82 valence electrons. The van der Waals surface area contributed by atoms with Crippen molar-refractivity contribution >= 4 is 11.8 Å². The van der Waals surface area contributed by atoms with Crippen LogP contribution in [-0.2, 0) is 0 Å². The lowest BCUT2D eigenvalue weighted by molar-refractivity contribution is 0.390. The first-order valence-corrected chi connectivity index (χ1v) is 7.30. The third-order valence-electron chi connectivity index (χ3n) is 3.82. The Balaban J connectivity index is 1.68. The zero-order chi connectivity index (χ0) is 9.80. The standard InChI is InChI=1S/C12H23NS/c1-2-10-5-3-7-12(10)13-9-11-6-4-8-14-11/h10-13H,2-9H2,1H3. The van der Waals surface area contributed by atoms with E-state index in [1.54, 1.807) is 0 Å². The highest BCUT2D eigenvalue weighted by Gasteiger charge is 2.26. The Hall–Kier alpha value is 0.310. The summed E-state index contributed by atoms with van der Waals surface area (Å²) in [6.07, 6.45) is 8.60. The van der Waals surface area contributed by atoms with Crippen LogP contribution in [0.25, 0.3) is 0 Å². The first kappa shape index (κ1) is 10.8. The summed E-state index contributed by atoms with van der Waals surface area (Å²) in [7, 11) is 0. The van der Waals surface area contributed by atoms with E-state index in [1.807, 2.05) is 0 Å². The third-order valence-corrected chi connectivity index (χ3v) is 5.21. The second kappa shape index (κ2) is 5.41. The molecule has 0 spiro atoms. The highest BCUT2D eigenvalue weighted by Crippen LogP contribution is 2.30. The summed E-state index contributed by atoms with van der Waals surface area (Å²) in [6.45, 7) is 3.61. The summed E-state index contributed by atoms with van der Waals surface area (Å²) in [5.74, 6) is 2.37. The fraction of sp³-hybridized carbons (Fsp3) is 1.00. The Morgan fingerprint density at radius 2 is 2.14 bits per heavy atom. The number of rotatable bonds is 4. The van der Waals surface area contributed by atoms with E-state index in [4.69, 9.17) is 0 Å². The number of hydrogen-bond donors (Lipinski definition) is 1. The van der Waals surface area contributed by atoms with Crippen molar-refractivity contribution in [3.05, 3.63) is 0 Å². The third kappa shape index (κ3) is 2.66. The van der Waals surface area contributed by atoms with Crippen molar-refractivity contribution in [2.24, 2.45) is 5.92 Å². The van der Waals surface area contributed by atoms with Crippen LogP contribution in [0.2, 0.25) is 0 Å². The van der Waals surface area contributed by atoms with Gasteiger partial charge in [-0.2, -0.15) is 11.8 Å². The first-order valence-electron chi connectivity index (χ1n) is 6.25. The van der Waals surface area contributed by atoms with E-state index < -0.39 is 0 Å². The van der Waals surface area contributed by atoms with Crippen molar-refractivity contribution in [1.82, 2.24) is 5.32 Å². The Labute approximate surface area is 92.4 Å². The summed E-state index contributed by atoms with van der Waals surface area (Å²) < 4.78 is 0. The Morgan fingerprint density at radius 1 is 1.21 bits per heavy atom. The van der Waals surface area contributed by atoms with Crippen LogP contribution in [0.5, 0.6) is 0 Å². The van der Waals surface area contributed by atoms with E-state index in [2.05, 4.69) is 24.0 Å². The summed E-state index contributed by atoms with van der Waals surface area (Å²) in [5.41, 5.74) is 0. The van der Waals surface area contributed by atoms with Gasteiger partial charge in [0.25, 0.3) is 0 Å². The quantitative estimate of drug-likeness (QED) is 0.770. The van der Waals surface area contributed by atoms with Crippen molar-refractivity contribution in [3.63, 3.8) is 0 Å². The fourth-order valence-electron chi connectivity index (χ4n) is 2.88. The number of thioether (sulfide) groups is 1. The Morgan fingerprint density at radius 3 is 2.86 bits per heavy atom. The average Bonchev–Trinajstić information content (AvgIpc) is 2.85. The van der Waals surface area contributed by atoms with Gasteiger partial charge in [-0.15, -0.1) is 0 Å². The second-order valence-corrected chi connectivity index (χ2v) is 6.16. The lowest BCUT2D eigenvalue weighted by Gasteiger charge is -2.21. The molecule has 1 aliphatic heterocycles. The van der Waals surface area contributed by atoms with E-state index in [0.717, 1.165) is 17.2 Å². The van der Waals surface area contributed by atoms with Crippen LogP contribution in [0.3, 0.4) is 0 Å². The van der Waals surface area contributed by atoms with Crippen LogP contribution >= 0.6 is 11.8 Å². The molecule has 1 N–H and O–H groups in total. The molecule has 2 heteroatoms. The molecule has 14 heavy (non-hydrogen) atoms. The van der Waals surface area contributed by atoms with Crippen molar-refractivity contribution in [1.29, 1.82) is 0 Å². The minimum absolute atomic E-state index is 0.848. The van der Waals surface area contributed by atoms with Crippen LogP contribution in [0.15, 0.2) is 0 Å². The van der Waals surface area contributed by atoms with E-state index in [-0.39, 0.29) is 0 Å². The van der Waals surface area contributed by atoms with Crippen molar-refractivity contribution in [2.45, 2.75) is 56.7 Å². The summed E-state index contributed by atoms with van der Waals surface area (Å²) in [4.78, 5) is 0. The Kier molecular flexibility index (Phi) is 4.18.